The molecule has 1 fully saturated rings. The average Bonchev–Trinajstić information content (AvgIpc) is 3.25. The van der Waals surface area contributed by atoms with Gasteiger partial charge >= 0.3 is 0 Å². The first-order valence-electron chi connectivity index (χ1n) is 9.48. The van der Waals surface area contributed by atoms with Crippen molar-refractivity contribution in [2.75, 3.05) is 27.3 Å². The third-order valence-corrected chi connectivity index (χ3v) is 4.78. The minimum atomic E-state index is -0.131. The second-order valence-corrected chi connectivity index (χ2v) is 6.88. The molecular formula is C22H26N2O4. The molecule has 1 aliphatic rings. The Morgan fingerprint density at radius 2 is 1.93 bits per heavy atom. The van der Waals surface area contributed by atoms with Crippen LogP contribution >= 0.6 is 0 Å². The average molecular weight is 382 g/mol. The molecule has 3 rings (SSSR count). The van der Waals surface area contributed by atoms with Crippen molar-refractivity contribution in [3.8, 4) is 5.75 Å². The fourth-order valence-corrected chi connectivity index (χ4v) is 3.18. The molecule has 0 radical (unpaired) electrons. The third-order valence-electron chi connectivity index (χ3n) is 4.78. The van der Waals surface area contributed by atoms with Crippen LogP contribution in [-0.4, -0.2) is 50.1 Å². The van der Waals surface area contributed by atoms with Crippen molar-refractivity contribution in [2.45, 2.75) is 25.5 Å². The van der Waals surface area contributed by atoms with Crippen molar-refractivity contribution < 1.29 is 19.1 Å². The molecule has 2 amide bonds. The van der Waals surface area contributed by atoms with Gasteiger partial charge in [0.1, 0.15) is 12.4 Å². The Morgan fingerprint density at radius 3 is 2.61 bits per heavy atom. The molecule has 148 valence electrons. The lowest BCUT2D eigenvalue weighted by Crippen LogP contribution is -2.27. The summed E-state index contributed by atoms with van der Waals surface area (Å²) in [7, 11) is 3.35. The van der Waals surface area contributed by atoms with Crippen LogP contribution in [0.2, 0.25) is 0 Å². The van der Waals surface area contributed by atoms with Gasteiger partial charge in [0.15, 0.2) is 0 Å². The van der Waals surface area contributed by atoms with Gasteiger partial charge in [0.2, 0.25) is 0 Å². The van der Waals surface area contributed by atoms with Gasteiger partial charge in [0.05, 0.1) is 11.7 Å². The summed E-state index contributed by atoms with van der Waals surface area (Å²) in [6, 6.07) is 14.5. The Bertz CT molecular complexity index is 814. The summed E-state index contributed by atoms with van der Waals surface area (Å²) >= 11 is 0. The number of carbonyl (C=O) groups excluding carboxylic acids is 2. The predicted molar refractivity (Wildman–Crippen MR) is 107 cm³/mol. The van der Waals surface area contributed by atoms with Crippen molar-refractivity contribution in [3.63, 3.8) is 0 Å². The summed E-state index contributed by atoms with van der Waals surface area (Å²) in [4.78, 5) is 26.2. The van der Waals surface area contributed by atoms with E-state index in [9.17, 15) is 9.59 Å². The number of benzene rings is 2. The molecule has 28 heavy (non-hydrogen) atoms. The van der Waals surface area contributed by atoms with Gasteiger partial charge in [0.25, 0.3) is 11.8 Å². The van der Waals surface area contributed by atoms with Crippen LogP contribution < -0.4 is 10.1 Å². The van der Waals surface area contributed by atoms with Crippen LogP contribution in [0.4, 0.5) is 0 Å². The zero-order valence-corrected chi connectivity index (χ0v) is 16.3. The maximum Gasteiger partial charge on any atom is 0.257 e. The minimum absolute atomic E-state index is 0.0970. The number of amides is 2. The molecule has 1 N–H and O–H groups in total. The molecule has 2 aromatic carbocycles. The number of carbonyl (C=O) groups is 2. The van der Waals surface area contributed by atoms with E-state index in [0.717, 1.165) is 25.0 Å². The van der Waals surface area contributed by atoms with Crippen LogP contribution in [-0.2, 0) is 11.3 Å². The maximum atomic E-state index is 12.9. The first-order valence-corrected chi connectivity index (χ1v) is 9.48. The molecule has 0 aliphatic carbocycles. The molecule has 1 atom stereocenters. The zero-order valence-electron chi connectivity index (χ0n) is 16.3. The van der Waals surface area contributed by atoms with E-state index in [1.165, 1.54) is 0 Å². The van der Waals surface area contributed by atoms with E-state index >= 15 is 0 Å². The summed E-state index contributed by atoms with van der Waals surface area (Å²) in [5, 5.41) is 2.59. The highest BCUT2D eigenvalue weighted by molar-refractivity contribution is 5.97. The van der Waals surface area contributed by atoms with Gasteiger partial charge in [-0.15, -0.1) is 0 Å². The van der Waals surface area contributed by atoms with Crippen molar-refractivity contribution in [3.05, 3.63) is 65.2 Å². The summed E-state index contributed by atoms with van der Waals surface area (Å²) in [5.74, 6) is 0.330. The van der Waals surface area contributed by atoms with Gasteiger partial charge in [-0.25, -0.2) is 0 Å². The smallest absolute Gasteiger partial charge is 0.257 e. The number of para-hydroxylation sites is 1. The number of hydrogen-bond acceptors (Lipinski definition) is 4. The lowest BCUT2D eigenvalue weighted by molar-refractivity contribution is 0.0656. The van der Waals surface area contributed by atoms with Crippen LogP contribution in [0.1, 0.15) is 39.1 Å². The minimum Gasteiger partial charge on any atom is -0.490 e. The first-order chi connectivity index (χ1) is 13.6. The Hall–Kier alpha value is -2.86. The van der Waals surface area contributed by atoms with Gasteiger partial charge in [0, 0.05) is 32.8 Å². The van der Waals surface area contributed by atoms with Crippen molar-refractivity contribution in [1.82, 2.24) is 10.2 Å². The van der Waals surface area contributed by atoms with Crippen LogP contribution in [0.25, 0.3) is 0 Å². The topological polar surface area (TPSA) is 67.9 Å². The second-order valence-electron chi connectivity index (χ2n) is 6.88. The molecule has 0 aromatic heterocycles. The van der Waals surface area contributed by atoms with Gasteiger partial charge in [-0.05, 0) is 42.7 Å². The molecule has 1 aliphatic heterocycles. The van der Waals surface area contributed by atoms with E-state index in [1.807, 2.05) is 30.3 Å². The number of nitrogens with one attached hydrogen (secondary N) is 1. The SMILES string of the molecule is CNC(=O)c1ccc(CN(C)C(=O)c2ccccc2OCC2CCCO2)cc1. The first kappa shape index (κ1) is 19.9. The zero-order chi connectivity index (χ0) is 19.9. The van der Waals surface area contributed by atoms with E-state index in [2.05, 4.69) is 5.32 Å². The van der Waals surface area contributed by atoms with E-state index in [1.54, 1.807) is 37.2 Å². The monoisotopic (exact) mass is 382 g/mol. The lowest BCUT2D eigenvalue weighted by Gasteiger charge is -2.20. The van der Waals surface area contributed by atoms with Gasteiger partial charge in [-0.2, -0.15) is 0 Å². The number of hydrogen-bond donors (Lipinski definition) is 1. The Kier molecular flexibility index (Phi) is 6.66. The van der Waals surface area contributed by atoms with E-state index in [-0.39, 0.29) is 17.9 Å². The highest BCUT2D eigenvalue weighted by Gasteiger charge is 2.20. The summed E-state index contributed by atoms with van der Waals surface area (Å²) < 4.78 is 11.5. The predicted octanol–water partition coefficient (Wildman–Crippen LogP) is 2.88. The maximum absolute atomic E-state index is 12.9. The van der Waals surface area contributed by atoms with Gasteiger partial charge in [-0.1, -0.05) is 24.3 Å². The van der Waals surface area contributed by atoms with Crippen LogP contribution in [0, 0.1) is 0 Å². The normalized spacial score (nSPS) is 15.9. The molecule has 6 heteroatoms. The molecule has 0 spiro atoms. The van der Waals surface area contributed by atoms with Crippen LogP contribution in [0.15, 0.2) is 48.5 Å². The highest BCUT2D eigenvalue weighted by atomic mass is 16.5. The van der Waals surface area contributed by atoms with Crippen molar-refractivity contribution in [1.29, 1.82) is 0 Å². The Labute approximate surface area is 165 Å². The molecule has 1 heterocycles. The summed E-state index contributed by atoms with van der Waals surface area (Å²) in [6.45, 7) is 1.66. The molecule has 2 aromatic rings. The van der Waals surface area contributed by atoms with E-state index in [4.69, 9.17) is 9.47 Å². The molecule has 0 saturated carbocycles. The van der Waals surface area contributed by atoms with Gasteiger partial charge < -0.3 is 19.7 Å². The third kappa shape index (κ3) is 4.89. The summed E-state index contributed by atoms with van der Waals surface area (Å²) in [5.41, 5.74) is 2.07. The molecular weight excluding hydrogens is 356 g/mol. The standard InChI is InChI=1S/C22H26N2O4/c1-23-21(25)17-11-9-16(10-12-17)14-24(2)22(26)19-7-3-4-8-20(19)28-15-18-6-5-13-27-18/h3-4,7-12,18H,5-6,13-15H2,1-2H3,(H,23,25). The Morgan fingerprint density at radius 1 is 1.18 bits per heavy atom. The summed E-state index contributed by atoms with van der Waals surface area (Å²) in [6.07, 6.45) is 2.14. The fraction of sp³-hybridized carbons (Fsp3) is 0.364. The molecule has 1 unspecified atom stereocenters. The fourth-order valence-electron chi connectivity index (χ4n) is 3.18. The highest BCUT2D eigenvalue weighted by Crippen LogP contribution is 2.22. The quantitative estimate of drug-likeness (QED) is 0.800. The van der Waals surface area contributed by atoms with Crippen molar-refractivity contribution in [2.24, 2.45) is 0 Å². The number of ether oxygens (including phenoxy) is 2. The van der Waals surface area contributed by atoms with E-state index in [0.29, 0.717) is 30.0 Å². The molecule has 1 saturated heterocycles. The molecule has 0 bridgehead atoms. The largest absolute Gasteiger partial charge is 0.490 e. The molecule has 6 nitrogen and oxygen atoms in total. The van der Waals surface area contributed by atoms with E-state index < -0.39 is 0 Å². The lowest BCUT2D eigenvalue weighted by atomic mass is 10.1. The van der Waals surface area contributed by atoms with Crippen molar-refractivity contribution >= 4 is 11.8 Å². The number of rotatable bonds is 7. The van der Waals surface area contributed by atoms with Gasteiger partial charge in [-0.3, -0.25) is 9.59 Å². The second kappa shape index (κ2) is 9.37. The number of nitrogens with zero attached hydrogens (tertiary/aromatic N) is 1. The Balaban J connectivity index is 1.65. The van der Waals surface area contributed by atoms with Crippen LogP contribution in [0.3, 0.4) is 0 Å². The van der Waals surface area contributed by atoms with Crippen LogP contribution in [0.5, 0.6) is 5.75 Å².